The maximum atomic E-state index is 13.3. The summed E-state index contributed by atoms with van der Waals surface area (Å²) in [4.78, 5) is 27.5. The molecule has 6 nitrogen and oxygen atoms in total. The van der Waals surface area contributed by atoms with Crippen LogP contribution in [-0.4, -0.2) is 48.1 Å². The molecule has 7 heteroatoms. The van der Waals surface area contributed by atoms with E-state index in [1.54, 1.807) is 40.1 Å². The summed E-state index contributed by atoms with van der Waals surface area (Å²) in [5.41, 5.74) is 2.92. The molecular weight excluding hydrogens is 510 g/mol. The van der Waals surface area contributed by atoms with E-state index in [0.29, 0.717) is 23.7 Å². The number of hydrogen-bond donors (Lipinski definition) is 3. The first-order valence-corrected chi connectivity index (χ1v) is 13.9. The number of rotatable bonds is 12. The van der Waals surface area contributed by atoms with Gasteiger partial charge in [0.25, 0.3) is 11.8 Å². The second-order valence-electron chi connectivity index (χ2n) is 11.1. The largest absolute Gasteiger partial charge is 0.390 e. The second kappa shape index (κ2) is 13.8. The van der Waals surface area contributed by atoms with E-state index in [1.165, 1.54) is 4.90 Å². The molecular formula is C32H44ClN3O3. The van der Waals surface area contributed by atoms with Crippen molar-refractivity contribution < 1.29 is 14.7 Å². The molecule has 2 aromatic carbocycles. The van der Waals surface area contributed by atoms with Crippen molar-refractivity contribution in [3.8, 4) is 11.1 Å². The quantitative estimate of drug-likeness (QED) is 0.113. The van der Waals surface area contributed by atoms with Crippen LogP contribution < -0.4 is 10.6 Å². The van der Waals surface area contributed by atoms with Gasteiger partial charge in [-0.15, -0.1) is 0 Å². The summed E-state index contributed by atoms with van der Waals surface area (Å²) >= 11 is 6.94. The summed E-state index contributed by atoms with van der Waals surface area (Å²) in [6, 6.07) is 11.6. The molecule has 39 heavy (non-hydrogen) atoms. The topological polar surface area (TPSA) is 81.7 Å². The van der Waals surface area contributed by atoms with Crippen molar-refractivity contribution in [1.82, 2.24) is 4.90 Å². The van der Waals surface area contributed by atoms with E-state index in [1.807, 2.05) is 63.2 Å². The highest BCUT2D eigenvalue weighted by molar-refractivity contribution is 6.36. The molecule has 0 radical (unpaired) electrons. The predicted molar refractivity (Wildman–Crippen MR) is 164 cm³/mol. The van der Waals surface area contributed by atoms with Gasteiger partial charge in [-0.3, -0.25) is 9.59 Å². The fourth-order valence-electron chi connectivity index (χ4n) is 3.86. The first kappa shape index (κ1) is 32.1. The third-order valence-corrected chi connectivity index (χ3v) is 7.51. The number of likely N-dealkylation sites (N-methyl/N-ethyl adjacent to an activating group) is 1. The van der Waals surface area contributed by atoms with Crippen molar-refractivity contribution in [2.24, 2.45) is 5.41 Å². The van der Waals surface area contributed by atoms with Crippen LogP contribution in [0.15, 0.2) is 60.2 Å². The van der Waals surface area contributed by atoms with Gasteiger partial charge in [0.15, 0.2) is 0 Å². The molecule has 0 aliphatic rings. The fourth-order valence-corrected chi connectivity index (χ4v) is 4.15. The van der Waals surface area contributed by atoms with Gasteiger partial charge in [0, 0.05) is 37.3 Å². The van der Waals surface area contributed by atoms with Crippen LogP contribution >= 0.6 is 11.6 Å². The van der Waals surface area contributed by atoms with Gasteiger partial charge in [-0.1, -0.05) is 82.1 Å². The summed E-state index contributed by atoms with van der Waals surface area (Å²) in [7, 11) is 3.25. The van der Waals surface area contributed by atoms with Crippen molar-refractivity contribution in [3.63, 3.8) is 0 Å². The molecule has 0 atom stereocenters. The Kier molecular flexibility index (Phi) is 11.4. The highest BCUT2D eigenvalue weighted by atomic mass is 35.5. The summed E-state index contributed by atoms with van der Waals surface area (Å²) in [5, 5.41) is 17.5. The minimum atomic E-state index is -0.876. The minimum absolute atomic E-state index is 0.0659. The highest BCUT2D eigenvalue weighted by Crippen LogP contribution is 2.39. The van der Waals surface area contributed by atoms with Gasteiger partial charge in [0.2, 0.25) is 0 Å². The maximum Gasteiger partial charge on any atom is 0.261 e. The number of hydrogen-bond acceptors (Lipinski definition) is 4. The van der Waals surface area contributed by atoms with Crippen LogP contribution in [-0.2, 0) is 16.0 Å². The highest BCUT2D eigenvalue weighted by Gasteiger charge is 2.35. The summed E-state index contributed by atoms with van der Waals surface area (Å²) in [5.74, 6) is -0.823. The van der Waals surface area contributed by atoms with Crippen molar-refractivity contribution in [1.29, 1.82) is 0 Å². The maximum absolute atomic E-state index is 13.3. The lowest BCUT2D eigenvalue weighted by atomic mass is 9.77. The Morgan fingerprint density at radius 3 is 2.18 bits per heavy atom. The van der Waals surface area contributed by atoms with Gasteiger partial charge in [-0.2, -0.15) is 0 Å². The van der Waals surface area contributed by atoms with Crippen LogP contribution in [0.1, 0.15) is 59.9 Å². The summed E-state index contributed by atoms with van der Waals surface area (Å²) < 4.78 is 0. The van der Waals surface area contributed by atoms with Crippen LogP contribution in [0.5, 0.6) is 0 Å². The van der Waals surface area contributed by atoms with Crippen LogP contribution in [0, 0.1) is 5.41 Å². The molecule has 2 aromatic rings. The van der Waals surface area contributed by atoms with Gasteiger partial charge < -0.3 is 20.6 Å². The Bertz CT molecular complexity index is 1220. The average molecular weight is 554 g/mol. The zero-order chi connectivity index (χ0) is 29.4. The van der Waals surface area contributed by atoms with Crippen molar-refractivity contribution >= 4 is 34.8 Å². The van der Waals surface area contributed by atoms with E-state index < -0.39 is 16.9 Å². The van der Waals surface area contributed by atoms with E-state index >= 15 is 0 Å². The van der Waals surface area contributed by atoms with Crippen LogP contribution in [0.3, 0.4) is 0 Å². The zero-order valence-electron chi connectivity index (χ0n) is 24.6. The lowest BCUT2D eigenvalue weighted by Crippen LogP contribution is -2.43. The van der Waals surface area contributed by atoms with Gasteiger partial charge in [0.05, 0.1) is 16.3 Å². The lowest BCUT2D eigenvalue weighted by Gasteiger charge is -2.37. The van der Waals surface area contributed by atoms with Gasteiger partial charge in [0.1, 0.15) is 5.57 Å². The summed E-state index contributed by atoms with van der Waals surface area (Å²) in [6.07, 6.45) is 7.55. The molecule has 3 N–H and O–H groups in total. The first-order valence-electron chi connectivity index (χ1n) is 13.5. The number of carbonyl (C=O) groups excluding carboxylic acids is 2. The van der Waals surface area contributed by atoms with E-state index in [9.17, 15) is 14.7 Å². The number of nitrogens with one attached hydrogen (secondary N) is 2. The van der Waals surface area contributed by atoms with Gasteiger partial charge in [-0.25, -0.2) is 0 Å². The number of carbonyl (C=O) groups is 2. The molecule has 0 spiro atoms. The summed E-state index contributed by atoms with van der Waals surface area (Å²) in [6.45, 7) is 12.2. The molecule has 0 aliphatic heterocycles. The Labute approximate surface area is 239 Å². The van der Waals surface area contributed by atoms with Crippen LogP contribution in [0.2, 0.25) is 5.02 Å². The lowest BCUT2D eigenvalue weighted by molar-refractivity contribution is -0.127. The molecule has 0 aromatic heterocycles. The number of amides is 2. The standard InChI is InChI=1S/C32H44ClN3O3/c1-9-11-12-16-25(30(38)36(7)8)29(37)35-26-19-13-17-22(23(26)15-10-2)24-18-14-20-27(28(24)33)34-21-31(3,4)32(5,6)39/h11-14,16-20,34,39H,9-10,15,21H2,1-8H3,(H,35,37)/b12-11+,25-16-. The Hall–Kier alpha value is -3.09. The molecule has 0 aliphatic carbocycles. The first-order chi connectivity index (χ1) is 18.2. The van der Waals surface area contributed by atoms with Crippen LogP contribution in [0.4, 0.5) is 11.4 Å². The molecule has 0 heterocycles. The Balaban J connectivity index is 2.50. The number of aliphatic hydroxyl groups is 1. The Morgan fingerprint density at radius 1 is 1.00 bits per heavy atom. The number of nitrogens with zero attached hydrogens (tertiary/aromatic N) is 1. The zero-order valence-corrected chi connectivity index (χ0v) is 25.4. The monoisotopic (exact) mass is 553 g/mol. The normalized spacial score (nSPS) is 12.5. The fraction of sp³-hybridized carbons (Fsp3) is 0.438. The molecule has 212 valence electrons. The number of halogens is 1. The molecule has 0 unspecified atom stereocenters. The number of benzene rings is 2. The molecule has 2 amide bonds. The third kappa shape index (κ3) is 8.20. The second-order valence-corrected chi connectivity index (χ2v) is 11.5. The van der Waals surface area contributed by atoms with Crippen LogP contribution in [0.25, 0.3) is 11.1 Å². The van der Waals surface area contributed by atoms with E-state index in [2.05, 4.69) is 17.6 Å². The molecule has 0 fully saturated rings. The molecule has 2 rings (SSSR count). The third-order valence-electron chi connectivity index (χ3n) is 7.11. The molecule has 0 bridgehead atoms. The predicted octanol–water partition coefficient (Wildman–Crippen LogP) is 7.09. The molecule has 0 saturated heterocycles. The number of allylic oxidation sites excluding steroid dienone is 3. The smallest absolute Gasteiger partial charge is 0.261 e. The van der Waals surface area contributed by atoms with Crippen molar-refractivity contribution in [2.75, 3.05) is 31.3 Å². The van der Waals surface area contributed by atoms with Crippen molar-refractivity contribution in [2.45, 2.75) is 66.4 Å². The SMILES string of the molecule is CC/C=C/C=C(/C(=O)Nc1cccc(-c2cccc(NCC(C)(C)C(C)(C)O)c2Cl)c1CCC)C(=O)N(C)C. The average Bonchev–Trinajstić information content (AvgIpc) is 2.86. The minimum Gasteiger partial charge on any atom is -0.390 e. The molecule has 0 saturated carbocycles. The number of anilines is 2. The van der Waals surface area contributed by atoms with E-state index in [4.69, 9.17) is 11.6 Å². The van der Waals surface area contributed by atoms with E-state index in [0.717, 1.165) is 35.2 Å². The van der Waals surface area contributed by atoms with Crippen molar-refractivity contribution in [3.05, 3.63) is 70.8 Å². The van der Waals surface area contributed by atoms with Gasteiger partial charge in [-0.05, 0) is 56.0 Å². The van der Waals surface area contributed by atoms with E-state index in [-0.39, 0.29) is 11.5 Å². The van der Waals surface area contributed by atoms with Gasteiger partial charge >= 0.3 is 0 Å². The Morgan fingerprint density at radius 2 is 1.62 bits per heavy atom.